The maximum absolute atomic E-state index is 11.6. The number of hydrogen-bond acceptors (Lipinski definition) is 9. The molecule has 0 saturated carbocycles. The average Bonchev–Trinajstić information content (AvgIpc) is 2.66. The number of ether oxygens (including phenoxy) is 6. The zero-order valence-corrected chi connectivity index (χ0v) is 16.9. The smallest absolute Gasteiger partial charge is 0.307 e. The van der Waals surface area contributed by atoms with Crippen molar-refractivity contribution in [2.75, 3.05) is 20.8 Å². The van der Waals surface area contributed by atoms with Crippen molar-refractivity contribution in [2.24, 2.45) is 0 Å². The summed E-state index contributed by atoms with van der Waals surface area (Å²) >= 11 is 0. The molecule has 0 aliphatic carbocycles. The topological polar surface area (TPSA) is 107 Å². The van der Waals surface area contributed by atoms with E-state index in [0.717, 1.165) is 0 Å². The van der Waals surface area contributed by atoms with Gasteiger partial charge in [0, 0.05) is 20.8 Å². The molecule has 0 N–H and O–H groups in total. The van der Waals surface area contributed by atoms with Crippen LogP contribution in [0.1, 0.15) is 32.4 Å². The van der Waals surface area contributed by atoms with Gasteiger partial charge >= 0.3 is 17.9 Å². The van der Waals surface area contributed by atoms with E-state index < -0.39 is 36.2 Å². The van der Waals surface area contributed by atoms with Crippen molar-refractivity contribution in [3.63, 3.8) is 0 Å². The molecule has 0 bridgehead atoms. The van der Waals surface area contributed by atoms with E-state index in [-0.39, 0.29) is 12.4 Å². The van der Waals surface area contributed by atoms with Gasteiger partial charge in [-0.05, 0) is 18.2 Å². The van der Waals surface area contributed by atoms with Crippen LogP contribution in [0.3, 0.4) is 0 Å². The Hall–Kier alpha value is -3.07. The fraction of sp³-hybridized carbons (Fsp3) is 0.450. The van der Waals surface area contributed by atoms with Gasteiger partial charge in [-0.2, -0.15) is 0 Å². The molecule has 1 aromatic rings. The van der Waals surface area contributed by atoms with Crippen LogP contribution in [0.2, 0.25) is 0 Å². The molecule has 1 aliphatic rings. The predicted octanol–water partition coefficient (Wildman–Crippen LogP) is 2.09. The molecule has 0 aromatic heterocycles. The zero-order chi connectivity index (χ0) is 21.6. The normalized spacial score (nSPS) is 20.9. The second-order valence-corrected chi connectivity index (χ2v) is 6.17. The third-order valence-electron chi connectivity index (χ3n) is 4.01. The van der Waals surface area contributed by atoms with Gasteiger partial charge in [-0.15, -0.1) is 0 Å². The van der Waals surface area contributed by atoms with Gasteiger partial charge < -0.3 is 28.4 Å². The van der Waals surface area contributed by atoms with E-state index in [2.05, 4.69) is 0 Å². The minimum Gasteiger partial charge on any atom is -0.496 e. The van der Waals surface area contributed by atoms with Crippen LogP contribution in [0.4, 0.5) is 0 Å². The lowest BCUT2D eigenvalue weighted by Crippen LogP contribution is -2.43. The fourth-order valence-electron chi connectivity index (χ4n) is 2.93. The summed E-state index contributed by atoms with van der Waals surface area (Å²) in [7, 11) is 2.99. The Balaban J connectivity index is 2.54. The Morgan fingerprint density at radius 3 is 2.07 bits per heavy atom. The molecule has 0 radical (unpaired) electrons. The van der Waals surface area contributed by atoms with Crippen molar-refractivity contribution in [3.8, 4) is 11.5 Å². The van der Waals surface area contributed by atoms with E-state index in [1.54, 1.807) is 18.2 Å². The second kappa shape index (κ2) is 9.92. The number of hydrogen-bond donors (Lipinski definition) is 0. The number of carbonyl (C=O) groups excluding carboxylic acids is 3. The molecule has 9 nitrogen and oxygen atoms in total. The molecule has 0 unspecified atom stereocenters. The molecular formula is C20H24O9. The molecule has 0 amide bonds. The van der Waals surface area contributed by atoms with Crippen LogP contribution >= 0.6 is 0 Å². The highest BCUT2D eigenvalue weighted by atomic mass is 16.6. The summed E-state index contributed by atoms with van der Waals surface area (Å²) in [6.45, 7) is 3.46. The molecule has 1 aliphatic heterocycles. The van der Waals surface area contributed by atoms with Crippen molar-refractivity contribution in [3.05, 3.63) is 35.6 Å². The summed E-state index contributed by atoms with van der Waals surface area (Å²) in [6, 6.07) is 5.19. The summed E-state index contributed by atoms with van der Waals surface area (Å²) in [4.78, 5) is 34.5. The molecule has 1 heterocycles. The number of methoxy groups -OCH3 is 2. The summed E-state index contributed by atoms with van der Waals surface area (Å²) in [6.07, 6.45) is -1.29. The molecule has 158 valence electrons. The number of rotatable bonds is 7. The number of benzene rings is 1. The van der Waals surface area contributed by atoms with Gasteiger partial charge in [0.1, 0.15) is 36.1 Å². The van der Waals surface area contributed by atoms with Crippen molar-refractivity contribution in [1.82, 2.24) is 0 Å². The third-order valence-corrected chi connectivity index (χ3v) is 4.01. The van der Waals surface area contributed by atoms with Gasteiger partial charge in [-0.3, -0.25) is 14.4 Å². The molecule has 3 atom stereocenters. The first-order valence-corrected chi connectivity index (χ1v) is 8.83. The Bertz CT molecular complexity index is 777. The third kappa shape index (κ3) is 5.71. The van der Waals surface area contributed by atoms with Gasteiger partial charge in [-0.1, -0.05) is 6.07 Å². The van der Waals surface area contributed by atoms with Gasteiger partial charge in [0.2, 0.25) is 0 Å². The molecule has 0 saturated heterocycles. The van der Waals surface area contributed by atoms with E-state index in [0.29, 0.717) is 17.1 Å². The summed E-state index contributed by atoms with van der Waals surface area (Å²) in [5.74, 6) is -0.737. The predicted molar refractivity (Wildman–Crippen MR) is 99.2 cm³/mol. The van der Waals surface area contributed by atoms with E-state index in [1.165, 1.54) is 41.1 Å². The Morgan fingerprint density at radius 2 is 1.59 bits per heavy atom. The zero-order valence-electron chi connectivity index (χ0n) is 16.9. The average molecular weight is 408 g/mol. The first kappa shape index (κ1) is 22.2. The highest BCUT2D eigenvalue weighted by Crippen LogP contribution is 2.41. The lowest BCUT2D eigenvalue weighted by molar-refractivity contribution is -0.173. The molecule has 29 heavy (non-hydrogen) atoms. The summed E-state index contributed by atoms with van der Waals surface area (Å²) < 4.78 is 32.5. The van der Waals surface area contributed by atoms with Crippen molar-refractivity contribution in [1.29, 1.82) is 0 Å². The van der Waals surface area contributed by atoms with Gasteiger partial charge in [0.05, 0.1) is 19.8 Å². The first-order valence-electron chi connectivity index (χ1n) is 8.83. The standard InChI is InChI=1S/C20H24O9/c1-11(21)26-10-18-20(28-13(3)23)17(27-12(2)22)9-16(29-18)19-14(24-4)7-6-8-15(19)25-5/h6-9,16,18,20H,10H2,1-5H3/t16-,18+,20+/m0/s1. The van der Waals surface area contributed by atoms with E-state index in [9.17, 15) is 14.4 Å². The Kier molecular flexibility index (Phi) is 7.60. The second-order valence-electron chi connectivity index (χ2n) is 6.17. The highest BCUT2D eigenvalue weighted by molar-refractivity contribution is 5.69. The van der Waals surface area contributed by atoms with Crippen LogP contribution in [0.5, 0.6) is 11.5 Å². The molecule has 0 fully saturated rings. The SMILES string of the molecule is COc1cccc(OC)c1[C@@H]1C=C(OC(C)=O)[C@@H](OC(C)=O)[C@@H](COC(C)=O)O1. The maximum Gasteiger partial charge on any atom is 0.307 e. The number of carbonyl (C=O) groups is 3. The highest BCUT2D eigenvalue weighted by Gasteiger charge is 2.40. The molecule has 2 rings (SSSR count). The molecule has 1 aromatic carbocycles. The quantitative estimate of drug-likeness (QED) is 0.495. The van der Waals surface area contributed by atoms with Gasteiger partial charge in [0.15, 0.2) is 6.10 Å². The molecular weight excluding hydrogens is 384 g/mol. The van der Waals surface area contributed by atoms with Crippen LogP contribution in [0, 0.1) is 0 Å². The van der Waals surface area contributed by atoms with Crippen molar-refractivity contribution < 1.29 is 42.8 Å². The van der Waals surface area contributed by atoms with E-state index in [4.69, 9.17) is 28.4 Å². The largest absolute Gasteiger partial charge is 0.496 e. The van der Waals surface area contributed by atoms with Crippen LogP contribution in [-0.4, -0.2) is 50.9 Å². The van der Waals surface area contributed by atoms with Gasteiger partial charge in [-0.25, -0.2) is 0 Å². The summed E-state index contributed by atoms with van der Waals surface area (Å²) in [5.41, 5.74) is 0.538. The number of esters is 3. The molecule has 0 spiro atoms. The van der Waals surface area contributed by atoms with Crippen LogP contribution < -0.4 is 9.47 Å². The minimum atomic E-state index is -1.08. The lowest BCUT2D eigenvalue weighted by Gasteiger charge is -2.35. The maximum atomic E-state index is 11.6. The Labute approximate surface area is 168 Å². The molecule has 9 heteroatoms. The lowest BCUT2D eigenvalue weighted by atomic mass is 9.99. The summed E-state index contributed by atoms with van der Waals surface area (Å²) in [5, 5.41) is 0. The van der Waals surface area contributed by atoms with Crippen LogP contribution in [-0.2, 0) is 33.3 Å². The van der Waals surface area contributed by atoms with Crippen molar-refractivity contribution in [2.45, 2.75) is 39.1 Å². The first-order chi connectivity index (χ1) is 13.8. The monoisotopic (exact) mass is 408 g/mol. The van der Waals surface area contributed by atoms with E-state index >= 15 is 0 Å². The van der Waals surface area contributed by atoms with Crippen LogP contribution in [0.25, 0.3) is 0 Å². The van der Waals surface area contributed by atoms with E-state index in [1.807, 2.05) is 0 Å². The fourth-order valence-corrected chi connectivity index (χ4v) is 2.93. The van der Waals surface area contributed by atoms with Crippen molar-refractivity contribution >= 4 is 17.9 Å². The van der Waals surface area contributed by atoms with Gasteiger partial charge in [0.25, 0.3) is 0 Å². The minimum absolute atomic E-state index is 0.0639. The van der Waals surface area contributed by atoms with Crippen LogP contribution in [0.15, 0.2) is 30.0 Å². The Morgan fingerprint density at radius 1 is 0.966 bits per heavy atom.